The summed E-state index contributed by atoms with van der Waals surface area (Å²) in [6.45, 7) is 0.844. The second-order valence-corrected chi connectivity index (χ2v) is 9.73. The number of rotatable bonds is 10. The number of nitrogens with zero attached hydrogens (tertiary/aromatic N) is 3. The van der Waals surface area contributed by atoms with Crippen molar-refractivity contribution < 1.29 is 4.79 Å². The van der Waals surface area contributed by atoms with Crippen molar-refractivity contribution in [2.45, 2.75) is 30.6 Å². The Balaban J connectivity index is 1.30. The van der Waals surface area contributed by atoms with Gasteiger partial charge in [0.05, 0.1) is 6.04 Å². The average Bonchev–Trinajstić information content (AvgIpc) is 3.54. The second-order valence-electron chi connectivity index (χ2n) is 6.66. The van der Waals surface area contributed by atoms with Gasteiger partial charge in [-0.25, -0.2) is 0 Å². The van der Waals surface area contributed by atoms with Crippen LogP contribution >= 0.6 is 34.4 Å². The molecule has 3 heterocycles. The lowest BCUT2D eigenvalue weighted by Gasteiger charge is -2.18. The van der Waals surface area contributed by atoms with E-state index in [-0.39, 0.29) is 11.9 Å². The summed E-state index contributed by atoms with van der Waals surface area (Å²) in [5, 5.41) is 16.4. The third kappa shape index (κ3) is 5.59. The third-order valence-electron chi connectivity index (χ3n) is 4.59. The van der Waals surface area contributed by atoms with Gasteiger partial charge in [0.15, 0.2) is 5.16 Å². The van der Waals surface area contributed by atoms with E-state index < -0.39 is 0 Å². The number of aryl methyl sites for hydroxylation is 2. The van der Waals surface area contributed by atoms with Crippen LogP contribution in [0, 0.1) is 0 Å². The van der Waals surface area contributed by atoms with Crippen LogP contribution in [-0.2, 0) is 17.8 Å². The van der Waals surface area contributed by atoms with Crippen LogP contribution in [0.2, 0.25) is 0 Å². The molecule has 1 aromatic carbocycles. The number of hydrogen-bond acceptors (Lipinski definition) is 6. The maximum atomic E-state index is 12.7. The molecule has 8 heteroatoms. The first-order valence-corrected chi connectivity index (χ1v) is 12.4. The molecule has 154 valence electrons. The van der Waals surface area contributed by atoms with Crippen LogP contribution in [0.15, 0.2) is 76.8 Å². The maximum absolute atomic E-state index is 12.7. The highest BCUT2D eigenvalue weighted by molar-refractivity contribution is 7.99. The van der Waals surface area contributed by atoms with Gasteiger partial charge in [0.25, 0.3) is 0 Å². The summed E-state index contributed by atoms with van der Waals surface area (Å²) in [6.07, 6.45) is 3.15. The van der Waals surface area contributed by atoms with Gasteiger partial charge in [-0.05, 0) is 34.9 Å². The van der Waals surface area contributed by atoms with E-state index in [0.717, 1.165) is 28.6 Å². The number of thiophene rings is 2. The molecule has 1 atom stereocenters. The van der Waals surface area contributed by atoms with Gasteiger partial charge >= 0.3 is 0 Å². The van der Waals surface area contributed by atoms with E-state index in [1.165, 1.54) is 4.88 Å². The number of benzene rings is 1. The number of thioether (sulfide) groups is 1. The van der Waals surface area contributed by atoms with E-state index >= 15 is 0 Å². The minimum absolute atomic E-state index is 0.0365. The fourth-order valence-electron chi connectivity index (χ4n) is 3.08. The molecule has 0 spiro atoms. The highest BCUT2D eigenvalue weighted by Gasteiger charge is 2.17. The van der Waals surface area contributed by atoms with Gasteiger partial charge in [-0.1, -0.05) is 54.2 Å². The Bertz CT molecular complexity index is 1030. The van der Waals surface area contributed by atoms with E-state index in [1.54, 1.807) is 40.8 Å². The quantitative estimate of drug-likeness (QED) is 0.341. The molecular weight excluding hydrogens is 432 g/mol. The van der Waals surface area contributed by atoms with Crippen molar-refractivity contribution in [2.24, 2.45) is 0 Å². The molecule has 0 bridgehead atoms. The minimum atomic E-state index is -0.113. The summed E-state index contributed by atoms with van der Waals surface area (Å²) in [5.41, 5.74) is 1.09. The lowest BCUT2D eigenvalue weighted by Crippen LogP contribution is -2.29. The number of carbonyl (C=O) groups is 1. The fraction of sp³-hybridized carbons (Fsp3) is 0.227. The Morgan fingerprint density at radius 2 is 1.90 bits per heavy atom. The topological polar surface area (TPSA) is 59.8 Å². The fourth-order valence-corrected chi connectivity index (χ4v) is 5.46. The average molecular weight is 455 g/mol. The molecular formula is C22H22N4OS3. The molecule has 1 amide bonds. The van der Waals surface area contributed by atoms with Crippen LogP contribution in [0.3, 0.4) is 0 Å². The number of aromatic nitrogens is 3. The van der Waals surface area contributed by atoms with Gasteiger partial charge in [-0.2, -0.15) is 0 Å². The van der Waals surface area contributed by atoms with Crippen LogP contribution in [-0.4, -0.2) is 26.4 Å². The van der Waals surface area contributed by atoms with Crippen LogP contribution in [0.1, 0.15) is 27.8 Å². The summed E-state index contributed by atoms with van der Waals surface area (Å²) < 4.78 is 2.06. The zero-order chi connectivity index (χ0) is 20.6. The van der Waals surface area contributed by atoms with E-state index in [2.05, 4.69) is 55.8 Å². The van der Waals surface area contributed by atoms with Crippen molar-refractivity contribution in [3.8, 4) is 0 Å². The first-order chi connectivity index (χ1) is 14.8. The third-order valence-corrected chi connectivity index (χ3v) is 7.44. The Morgan fingerprint density at radius 1 is 1.07 bits per heavy atom. The van der Waals surface area contributed by atoms with Crippen molar-refractivity contribution in [3.63, 3.8) is 0 Å². The lowest BCUT2D eigenvalue weighted by molar-refractivity contribution is -0.121. The first kappa shape index (κ1) is 20.8. The van der Waals surface area contributed by atoms with Gasteiger partial charge in [0, 0.05) is 28.5 Å². The van der Waals surface area contributed by atoms with Gasteiger partial charge in [-0.15, -0.1) is 32.9 Å². The highest BCUT2D eigenvalue weighted by Crippen LogP contribution is 2.26. The number of carbonyl (C=O) groups excluding carboxylic acids is 1. The number of amides is 1. The van der Waals surface area contributed by atoms with E-state index in [4.69, 9.17) is 0 Å². The van der Waals surface area contributed by atoms with Crippen molar-refractivity contribution in [1.29, 1.82) is 0 Å². The molecule has 1 unspecified atom stereocenters. The second kappa shape index (κ2) is 10.6. The highest BCUT2D eigenvalue weighted by atomic mass is 32.2. The zero-order valence-corrected chi connectivity index (χ0v) is 18.8. The summed E-state index contributed by atoms with van der Waals surface area (Å²) in [4.78, 5) is 15.1. The van der Waals surface area contributed by atoms with E-state index in [9.17, 15) is 4.79 Å². The smallest absolute Gasteiger partial charge is 0.221 e. The molecule has 4 rings (SSSR count). The Kier molecular flexibility index (Phi) is 7.34. The molecule has 5 nitrogen and oxygen atoms in total. The van der Waals surface area contributed by atoms with Crippen molar-refractivity contribution in [3.05, 3.63) is 87.0 Å². The van der Waals surface area contributed by atoms with Gasteiger partial charge in [-0.3, -0.25) is 4.79 Å². The molecule has 3 aromatic heterocycles. The Morgan fingerprint density at radius 3 is 2.67 bits per heavy atom. The monoisotopic (exact) mass is 454 g/mol. The molecule has 0 aliphatic carbocycles. The SMILES string of the molecule is O=C(CCSc1nncn1CCc1cccs1)NC(c1ccccc1)c1cccs1. The molecule has 30 heavy (non-hydrogen) atoms. The molecule has 0 saturated heterocycles. The summed E-state index contributed by atoms with van der Waals surface area (Å²) in [6, 6.07) is 18.3. The summed E-state index contributed by atoms with van der Waals surface area (Å²) >= 11 is 4.99. The standard InChI is InChI=1S/C22H22N4OS3/c27-20(24-21(19-9-5-14-29-19)17-6-2-1-3-7-17)11-15-30-22-25-23-16-26(22)12-10-18-8-4-13-28-18/h1-9,13-14,16,21H,10-12,15H2,(H,24,27). The van der Waals surface area contributed by atoms with Gasteiger partial charge < -0.3 is 9.88 Å². The minimum Gasteiger partial charge on any atom is -0.344 e. The Hall–Kier alpha value is -2.42. The molecule has 1 N–H and O–H groups in total. The number of nitrogens with one attached hydrogen (secondary N) is 1. The predicted octanol–water partition coefficient (Wildman–Crippen LogP) is 5.03. The van der Waals surface area contributed by atoms with Crippen LogP contribution in [0.25, 0.3) is 0 Å². The molecule has 0 saturated carbocycles. The van der Waals surface area contributed by atoms with E-state index in [0.29, 0.717) is 12.2 Å². The van der Waals surface area contributed by atoms with Gasteiger partial charge in [0.1, 0.15) is 6.33 Å². The largest absolute Gasteiger partial charge is 0.344 e. The molecule has 4 aromatic rings. The molecule has 0 fully saturated rings. The maximum Gasteiger partial charge on any atom is 0.221 e. The zero-order valence-electron chi connectivity index (χ0n) is 16.3. The Labute approximate surface area is 188 Å². The lowest BCUT2D eigenvalue weighted by atomic mass is 10.1. The van der Waals surface area contributed by atoms with Crippen LogP contribution in [0.5, 0.6) is 0 Å². The van der Waals surface area contributed by atoms with Crippen LogP contribution < -0.4 is 5.32 Å². The molecule has 0 aliphatic rings. The van der Waals surface area contributed by atoms with E-state index in [1.807, 2.05) is 29.6 Å². The number of hydrogen-bond donors (Lipinski definition) is 1. The van der Waals surface area contributed by atoms with Crippen molar-refractivity contribution in [1.82, 2.24) is 20.1 Å². The summed E-state index contributed by atoms with van der Waals surface area (Å²) in [7, 11) is 0. The molecule has 0 radical (unpaired) electrons. The van der Waals surface area contributed by atoms with Gasteiger partial charge in [0.2, 0.25) is 5.91 Å². The van der Waals surface area contributed by atoms with Crippen molar-refractivity contribution in [2.75, 3.05) is 5.75 Å². The normalized spacial score (nSPS) is 12.0. The first-order valence-electron chi connectivity index (χ1n) is 9.70. The van der Waals surface area contributed by atoms with Crippen molar-refractivity contribution >= 4 is 40.3 Å². The predicted molar refractivity (Wildman–Crippen MR) is 124 cm³/mol. The molecule has 0 aliphatic heterocycles. The van der Waals surface area contributed by atoms with Crippen LogP contribution in [0.4, 0.5) is 0 Å². The summed E-state index contributed by atoms with van der Waals surface area (Å²) in [5.74, 6) is 0.699.